The fourth-order valence-corrected chi connectivity index (χ4v) is 1.39. The Morgan fingerprint density at radius 1 is 1.53 bits per heavy atom. The van der Waals surface area contributed by atoms with Crippen molar-refractivity contribution in [1.82, 2.24) is 10.2 Å². The fourth-order valence-electron chi connectivity index (χ4n) is 1.24. The summed E-state index contributed by atoms with van der Waals surface area (Å²) in [5.74, 6) is -0.728. The Labute approximate surface area is 92.7 Å². The summed E-state index contributed by atoms with van der Waals surface area (Å²) in [7, 11) is 0. The Kier molecular flexibility index (Phi) is 4.52. The minimum Gasteiger partial charge on any atom is -0.352 e. The van der Waals surface area contributed by atoms with Crippen LogP contribution in [-0.4, -0.2) is 12.5 Å². The van der Waals surface area contributed by atoms with Gasteiger partial charge in [-0.3, -0.25) is 4.79 Å². The molecule has 1 aromatic carbocycles. The summed E-state index contributed by atoms with van der Waals surface area (Å²) >= 11 is 5.35. The van der Waals surface area contributed by atoms with Gasteiger partial charge in [-0.05, 0) is 36.4 Å². The number of carbonyl (C=O) groups excluding carboxylic acids is 1. The molecule has 0 radical (unpaired) electrons. The number of rotatable bonds is 4. The van der Waals surface area contributed by atoms with Gasteiger partial charge in [0.25, 0.3) is 5.91 Å². The average molecular weight is 231 g/mol. The third kappa shape index (κ3) is 3.18. The SMILES string of the molecule is CCNC(=O)c1cc(F)ccc1CNCl. The molecule has 5 heteroatoms. The highest BCUT2D eigenvalue weighted by molar-refractivity contribution is 6.13. The molecule has 1 amide bonds. The molecule has 0 aromatic heterocycles. The van der Waals surface area contributed by atoms with Gasteiger partial charge >= 0.3 is 0 Å². The second-order valence-corrected chi connectivity index (χ2v) is 3.24. The zero-order valence-corrected chi connectivity index (χ0v) is 9.07. The predicted octanol–water partition coefficient (Wildman–Crippen LogP) is 1.82. The van der Waals surface area contributed by atoms with E-state index in [4.69, 9.17) is 11.8 Å². The van der Waals surface area contributed by atoms with Crippen molar-refractivity contribution in [2.45, 2.75) is 13.5 Å². The van der Waals surface area contributed by atoms with Gasteiger partial charge in [0.05, 0.1) is 0 Å². The molecule has 0 fully saturated rings. The Hall–Kier alpha value is -1.13. The van der Waals surface area contributed by atoms with Crippen LogP contribution in [-0.2, 0) is 6.54 Å². The van der Waals surface area contributed by atoms with E-state index in [2.05, 4.69) is 10.2 Å². The molecule has 3 nitrogen and oxygen atoms in total. The van der Waals surface area contributed by atoms with Crippen LogP contribution in [0.2, 0.25) is 0 Å². The molecular formula is C10H12ClFN2O. The number of hydrogen-bond donors (Lipinski definition) is 2. The third-order valence-corrected chi connectivity index (χ3v) is 2.04. The monoisotopic (exact) mass is 230 g/mol. The number of benzene rings is 1. The van der Waals surface area contributed by atoms with E-state index in [1.165, 1.54) is 18.2 Å². The maximum atomic E-state index is 13.0. The minimum atomic E-state index is -0.436. The van der Waals surface area contributed by atoms with Gasteiger partial charge < -0.3 is 5.32 Å². The van der Waals surface area contributed by atoms with Crippen molar-refractivity contribution >= 4 is 17.7 Å². The van der Waals surface area contributed by atoms with Crippen molar-refractivity contribution in [1.29, 1.82) is 0 Å². The molecule has 0 saturated carbocycles. The highest BCUT2D eigenvalue weighted by Gasteiger charge is 2.11. The zero-order chi connectivity index (χ0) is 11.3. The summed E-state index contributed by atoms with van der Waals surface area (Å²) in [6.45, 7) is 2.62. The molecule has 0 unspecified atom stereocenters. The van der Waals surface area contributed by atoms with Gasteiger partial charge in [-0.2, -0.15) is 0 Å². The standard InChI is InChI=1S/C10H12ClFN2O/c1-2-13-10(15)9-5-8(12)4-3-7(9)6-14-11/h3-5,14H,2,6H2,1H3,(H,13,15). The Balaban J connectivity index is 3.00. The number of carbonyl (C=O) groups is 1. The van der Waals surface area contributed by atoms with Crippen molar-refractivity contribution < 1.29 is 9.18 Å². The first-order valence-electron chi connectivity index (χ1n) is 4.59. The molecule has 1 rings (SSSR count). The Morgan fingerprint density at radius 3 is 2.87 bits per heavy atom. The van der Waals surface area contributed by atoms with Gasteiger partial charge in [-0.1, -0.05) is 6.07 Å². The number of amides is 1. The molecule has 0 saturated heterocycles. The van der Waals surface area contributed by atoms with Crippen LogP contribution < -0.4 is 10.2 Å². The second-order valence-electron chi connectivity index (χ2n) is 2.97. The first-order valence-corrected chi connectivity index (χ1v) is 4.97. The van der Waals surface area contributed by atoms with Crippen LogP contribution in [0.3, 0.4) is 0 Å². The number of nitrogens with one attached hydrogen (secondary N) is 2. The third-order valence-electron chi connectivity index (χ3n) is 1.91. The highest BCUT2D eigenvalue weighted by Crippen LogP contribution is 2.11. The number of halogens is 2. The normalized spacial score (nSPS) is 10.1. The predicted molar refractivity (Wildman–Crippen MR) is 57.1 cm³/mol. The van der Waals surface area contributed by atoms with Crippen LogP contribution in [0.15, 0.2) is 18.2 Å². The summed E-state index contributed by atoms with van der Waals surface area (Å²) in [6.07, 6.45) is 0. The molecule has 0 heterocycles. The van der Waals surface area contributed by atoms with Crippen LogP contribution in [0, 0.1) is 5.82 Å². The van der Waals surface area contributed by atoms with Crippen LogP contribution >= 0.6 is 11.8 Å². The van der Waals surface area contributed by atoms with Crippen molar-refractivity contribution in [2.75, 3.05) is 6.54 Å². The van der Waals surface area contributed by atoms with Gasteiger partial charge in [0, 0.05) is 18.7 Å². The average Bonchev–Trinajstić information content (AvgIpc) is 2.21. The van der Waals surface area contributed by atoms with Crippen LogP contribution in [0.4, 0.5) is 4.39 Å². The largest absolute Gasteiger partial charge is 0.352 e. The Morgan fingerprint density at radius 2 is 2.27 bits per heavy atom. The molecule has 0 aliphatic carbocycles. The quantitative estimate of drug-likeness (QED) is 0.775. The fraction of sp³-hybridized carbons (Fsp3) is 0.300. The molecule has 0 aliphatic rings. The molecule has 0 aliphatic heterocycles. The van der Waals surface area contributed by atoms with Crippen molar-refractivity contribution in [3.63, 3.8) is 0 Å². The molecule has 0 atom stereocenters. The lowest BCUT2D eigenvalue weighted by atomic mass is 10.1. The van der Waals surface area contributed by atoms with Gasteiger partial charge in [0.1, 0.15) is 5.82 Å². The van der Waals surface area contributed by atoms with Gasteiger partial charge in [-0.25, -0.2) is 9.23 Å². The van der Waals surface area contributed by atoms with E-state index in [0.717, 1.165) is 0 Å². The van der Waals surface area contributed by atoms with Crippen LogP contribution in [0.1, 0.15) is 22.8 Å². The smallest absolute Gasteiger partial charge is 0.251 e. The highest BCUT2D eigenvalue weighted by atomic mass is 35.5. The van der Waals surface area contributed by atoms with Crippen molar-refractivity contribution in [3.05, 3.63) is 35.1 Å². The van der Waals surface area contributed by atoms with E-state index in [1.807, 2.05) is 0 Å². The number of hydrogen-bond acceptors (Lipinski definition) is 2. The van der Waals surface area contributed by atoms with E-state index in [0.29, 0.717) is 24.2 Å². The molecule has 0 bridgehead atoms. The maximum Gasteiger partial charge on any atom is 0.251 e. The topological polar surface area (TPSA) is 41.1 Å². The maximum absolute atomic E-state index is 13.0. The van der Waals surface area contributed by atoms with E-state index >= 15 is 0 Å². The van der Waals surface area contributed by atoms with E-state index in [9.17, 15) is 9.18 Å². The second kappa shape index (κ2) is 5.68. The molecule has 0 spiro atoms. The summed E-state index contributed by atoms with van der Waals surface area (Å²) in [4.78, 5) is 14.0. The first kappa shape index (κ1) is 11.9. The summed E-state index contributed by atoms with van der Waals surface area (Å²) < 4.78 is 13.0. The lowest BCUT2D eigenvalue weighted by Crippen LogP contribution is -2.24. The zero-order valence-electron chi connectivity index (χ0n) is 8.31. The van der Waals surface area contributed by atoms with Gasteiger partial charge in [0.15, 0.2) is 0 Å². The van der Waals surface area contributed by atoms with Crippen molar-refractivity contribution in [2.24, 2.45) is 0 Å². The molecule has 82 valence electrons. The van der Waals surface area contributed by atoms with Crippen molar-refractivity contribution in [3.8, 4) is 0 Å². The first-order chi connectivity index (χ1) is 7.19. The summed E-state index contributed by atoms with van der Waals surface area (Å²) in [6, 6.07) is 4.04. The van der Waals surface area contributed by atoms with Gasteiger partial charge in [0.2, 0.25) is 0 Å². The van der Waals surface area contributed by atoms with Crippen LogP contribution in [0.25, 0.3) is 0 Å². The molecule has 15 heavy (non-hydrogen) atoms. The van der Waals surface area contributed by atoms with Crippen LogP contribution in [0.5, 0.6) is 0 Å². The lowest BCUT2D eigenvalue weighted by Gasteiger charge is -2.08. The molecular weight excluding hydrogens is 219 g/mol. The molecule has 2 N–H and O–H groups in total. The summed E-state index contributed by atoms with van der Waals surface area (Å²) in [5.41, 5.74) is 0.974. The molecule has 1 aromatic rings. The van der Waals surface area contributed by atoms with E-state index in [1.54, 1.807) is 6.92 Å². The summed E-state index contributed by atoms with van der Waals surface area (Å²) in [5, 5.41) is 2.61. The Bertz CT molecular complexity index is 357. The van der Waals surface area contributed by atoms with E-state index in [-0.39, 0.29) is 5.91 Å². The lowest BCUT2D eigenvalue weighted by molar-refractivity contribution is 0.0954. The minimum absolute atomic E-state index is 0.293. The van der Waals surface area contributed by atoms with E-state index < -0.39 is 5.82 Å². The van der Waals surface area contributed by atoms with Gasteiger partial charge in [-0.15, -0.1) is 0 Å².